The average molecular weight is 316 g/mol. The van der Waals surface area contributed by atoms with Gasteiger partial charge in [-0.3, -0.25) is 9.59 Å². The number of amides is 1. The summed E-state index contributed by atoms with van der Waals surface area (Å²) in [6.07, 6.45) is 0.380. The maximum atomic E-state index is 13.4. The zero-order valence-electron chi connectivity index (χ0n) is 12.6. The Morgan fingerprint density at radius 1 is 1.22 bits per heavy atom. The minimum Gasteiger partial charge on any atom is -0.482 e. The monoisotopic (exact) mass is 316 g/mol. The summed E-state index contributed by atoms with van der Waals surface area (Å²) < 4.78 is 18.7. The van der Waals surface area contributed by atoms with Crippen LogP contribution < -0.4 is 15.8 Å². The van der Waals surface area contributed by atoms with Crippen molar-refractivity contribution in [2.45, 2.75) is 13.3 Å². The Morgan fingerprint density at radius 2 is 1.96 bits per heavy atom. The summed E-state index contributed by atoms with van der Waals surface area (Å²) in [6.45, 7) is 1.44. The first-order valence-electron chi connectivity index (χ1n) is 7.11. The maximum Gasteiger partial charge on any atom is 0.262 e. The number of halogens is 1. The lowest BCUT2D eigenvalue weighted by Crippen LogP contribution is -2.21. The quantitative estimate of drug-likeness (QED) is 0.634. The fraction of sp³-hybridized carbons (Fsp3) is 0.176. The highest BCUT2D eigenvalue weighted by atomic mass is 19.1. The molecule has 0 aliphatic carbocycles. The molecule has 0 fully saturated rings. The number of carbonyl (C=O) groups is 2. The van der Waals surface area contributed by atoms with Crippen molar-refractivity contribution in [3.63, 3.8) is 0 Å². The van der Waals surface area contributed by atoms with E-state index in [1.807, 2.05) is 0 Å². The lowest BCUT2D eigenvalue weighted by atomic mass is 10.1. The molecule has 0 aliphatic rings. The van der Waals surface area contributed by atoms with Gasteiger partial charge >= 0.3 is 0 Å². The Labute approximate surface area is 133 Å². The van der Waals surface area contributed by atoms with E-state index in [0.717, 1.165) is 0 Å². The summed E-state index contributed by atoms with van der Waals surface area (Å²) in [6, 6.07) is 10.5. The van der Waals surface area contributed by atoms with Crippen molar-refractivity contribution in [3.8, 4) is 5.75 Å². The number of nitrogens with two attached hydrogens (primary N) is 1. The summed E-state index contributed by atoms with van der Waals surface area (Å²) in [5.41, 5.74) is 6.65. The number of nitrogen functional groups attached to an aromatic ring is 1. The van der Waals surface area contributed by atoms with Crippen molar-refractivity contribution in [2.75, 3.05) is 17.7 Å². The van der Waals surface area contributed by atoms with Crippen molar-refractivity contribution in [3.05, 3.63) is 53.8 Å². The van der Waals surface area contributed by atoms with E-state index in [4.69, 9.17) is 10.5 Å². The van der Waals surface area contributed by atoms with Crippen molar-refractivity contribution >= 4 is 23.1 Å². The van der Waals surface area contributed by atoms with E-state index in [-0.39, 0.29) is 23.8 Å². The van der Waals surface area contributed by atoms with Gasteiger partial charge in [0.25, 0.3) is 5.91 Å². The number of carbonyl (C=O) groups excluding carboxylic acids is 2. The maximum absolute atomic E-state index is 13.4. The molecule has 1 amide bonds. The predicted octanol–water partition coefficient (Wildman–Crippen LogP) is 3.02. The van der Waals surface area contributed by atoms with Crippen LogP contribution in [0.1, 0.15) is 23.7 Å². The number of ketones is 1. The summed E-state index contributed by atoms with van der Waals surface area (Å²) in [4.78, 5) is 23.4. The first kappa shape index (κ1) is 16.5. The Bertz CT molecular complexity index is 732. The van der Waals surface area contributed by atoms with Crippen molar-refractivity contribution in [1.29, 1.82) is 0 Å². The third-order valence-corrected chi connectivity index (χ3v) is 3.16. The summed E-state index contributed by atoms with van der Waals surface area (Å²) in [5, 5.41) is 2.40. The van der Waals surface area contributed by atoms with Gasteiger partial charge in [0.05, 0.1) is 11.4 Å². The number of benzene rings is 2. The van der Waals surface area contributed by atoms with Crippen LogP contribution in [0.15, 0.2) is 42.5 Å². The summed E-state index contributed by atoms with van der Waals surface area (Å²) in [7, 11) is 0. The number of Topliss-reactive ketones (excluding diaryl/α,β-unsaturated/α-hetero) is 1. The molecule has 0 unspecified atom stereocenters. The highest BCUT2D eigenvalue weighted by Crippen LogP contribution is 2.23. The minimum atomic E-state index is -0.525. The van der Waals surface area contributed by atoms with E-state index in [1.165, 1.54) is 30.3 Å². The second kappa shape index (κ2) is 7.40. The first-order chi connectivity index (χ1) is 11.0. The molecule has 6 heteroatoms. The summed E-state index contributed by atoms with van der Waals surface area (Å²) in [5.74, 6) is -0.770. The van der Waals surface area contributed by atoms with Gasteiger partial charge in [-0.1, -0.05) is 19.1 Å². The normalized spacial score (nSPS) is 10.2. The molecule has 5 nitrogen and oxygen atoms in total. The topological polar surface area (TPSA) is 81.4 Å². The third-order valence-electron chi connectivity index (χ3n) is 3.16. The van der Waals surface area contributed by atoms with Crippen LogP contribution in [0.5, 0.6) is 5.75 Å². The van der Waals surface area contributed by atoms with Gasteiger partial charge in [0.1, 0.15) is 11.6 Å². The van der Waals surface area contributed by atoms with Gasteiger partial charge in [-0.15, -0.1) is 0 Å². The molecule has 120 valence electrons. The zero-order valence-corrected chi connectivity index (χ0v) is 12.6. The molecular weight excluding hydrogens is 299 g/mol. The number of rotatable bonds is 6. The molecule has 0 heterocycles. The van der Waals surface area contributed by atoms with Crippen LogP contribution in [-0.4, -0.2) is 18.3 Å². The van der Waals surface area contributed by atoms with Crippen LogP contribution >= 0.6 is 0 Å². The van der Waals surface area contributed by atoms with Crippen molar-refractivity contribution < 1.29 is 18.7 Å². The molecule has 0 saturated heterocycles. The SMILES string of the molecule is CCC(=O)c1ccc(OCC(=O)Nc2ccccc2F)c(N)c1. The molecule has 0 atom stereocenters. The number of hydrogen-bond acceptors (Lipinski definition) is 4. The van der Waals surface area contributed by atoms with Crippen LogP contribution in [0.3, 0.4) is 0 Å². The molecule has 2 rings (SSSR count). The molecule has 0 spiro atoms. The molecule has 0 aromatic heterocycles. The molecule has 2 aromatic carbocycles. The Morgan fingerprint density at radius 3 is 2.61 bits per heavy atom. The molecule has 0 radical (unpaired) electrons. The molecule has 0 bridgehead atoms. The number of para-hydroxylation sites is 1. The van der Waals surface area contributed by atoms with Gasteiger partial charge in [0, 0.05) is 12.0 Å². The van der Waals surface area contributed by atoms with E-state index in [9.17, 15) is 14.0 Å². The molecule has 3 N–H and O–H groups in total. The lowest BCUT2D eigenvalue weighted by molar-refractivity contribution is -0.118. The number of anilines is 2. The molecular formula is C17H17FN2O3. The van der Waals surface area contributed by atoms with Gasteiger partial charge in [0.15, 0.2) is 12.4 Å². The number of hydrogen-bond donors (Lipinski definition) is 2. The van der Waals surface area contributed by atoms with E-state index < -0.39 is 11.7 Å². The van der Waals surface area contributed by atoms with Crippen molar-refractivity contribution in [2.24, 2.45) is 0 Å². The fourth-order valence-corrected chi connectivity index (χ4v) is 1.95. The van der Waals surface area contributed by atoms with Gasteiger partial charge in [0.2, 0.25) is 0 Å². The molecule has 0 aliphatic heterocycles. The lowest BCUT2D eigenvalue weighted by Gasteiger charge is -2.10. The first-order valence-corrected chi connectivity index (χ1v) is 7.11. The van der Waals surface area contributed by atoms with E-state index in [2.05, 4.69) is 5.32 Å². The minimum absolute atomic E-state index is 0.0273. The van der Waals surface area contributed by atoms with Gasteiger partial charge in [-0.05, 0) is 30.3 Å². The van der Waals surface area contributed by atoms with Gasteiger partial charge in [-0.25, -0.2) is 4.39 Å². The van der Waals surface area contributed by atoms with E-state index >= 15 is 0 Å². The van der Waals surface area contributed by atoms with Gasteiger partial charge in [-0.2, -0.15) is 0 Å². The van der Waals surface area contributed by atoms with Gasteiger partial charge < -0.3 is 15.8 Å². The smallest absolute Gasteiger partial charge is 0.262 e. The highest BCUT2D eigenvalue weighted by molar-refractivity contribution is 5.97. The van der Waals surface area contributed by atoms with E-state index in [1.54, 1.807) is 19.1 Å². The summed E-state index contributed by atoms with van der Waals surface area (Å²) >= 11 is 0. The fourth-order valence-electron chi connectivity index (χ4n) is 1.95. The molecule has 23 heavy (non-hydrogen) atoms. The second-order valence-corrected chi connectivity index (χ2v) is 4.85. The second-order valence-electron chi connectivity index (χ2n) is 4.85. The highest BCUT2D eigenvalue weighted by Gasteiger charge is 2.10. The molecule has 2 aromatic rings. The Hall–Kier alpha value is -2.89. The Balaban J connectivity index is 1.97. The van der Waals surface area contributed by atoms with Crippen LogP contribution in [0.2, 0.25) is 0 Å². The Kier molecular flexibility index (Phi) is 5.30. The number of ether oxygens (including phenoxy) is 1. The third kappa shape index (κ3) is 4.29. The van der Waals surface area contributed by atoms with Crippen LogP contribution in [-0.2, 0) is 4.79 Å². The standard InChI is InChI=1S/C17H17FN2O3/c1-2-15(21)11-7-8-16(13(19)9-11)23-10-17(22)20-14-6-4-3-5-12(14)18/h3-9H,2,10,19H2,1H3,(H,20,22). The van der Waals surface area contributed by atoms with Crippen LogP contribution in [0.25, 0.3) is 0 Å². The number of nitrogens with one attached hydrogen (secondary N) is 1. The predicted molar refractivity (Wildman–Crippen MR) is 86.0 cm³/mol. The largest absolute Gasteiger partial charge is 0.482 e. The van der Waals surface area contributed by atoms with Crippen LogP contribution in [0.4, 0.5) is 15.8 Å². The van der Waals surface area contributed by atoms with Crippen LogP contribution in [0, 0.1) is 5.82 Å². The van der Waals surface area contributed by atoms with E-state index in [0.29, 0.717) is 17.7 Å². The molecule has 0 saturated carbocycles. The zero-order chi connectivity index (χ0) is 16.8. The van der Waals surface area contributed by atoms with Crippen molar-refractivity contribution in [1.82, 2.24) is 0 Å². The average Bonchev–Trinajstić information content (AvgIpc) is 2.55.